The Labute approximate surface area is 156 Å². The maximum atomic E-state index is 12.6. The van der Waals surface area contributed by atoms with E-state index in [1.807, 2.05) is 18.2 Å². The van der Waals surface area contributed by atoms with E-state index in [1.165, 1.54) is 12.8 Å². The van der Waals surface area contributed by atoms with Crippen molar-refractivity contribution in [3.05, 3.63) is 29.3 Å². The summed E-state index contributed by atoms with van der Waals surface area (Å²) < 4.78 is 0. The Morgan fingerprint density at radius 1 is 1.27 bits per heavy atom. The number of carbonyl (C=O) groups excluding carboxylic acids is 2. The lowest BCUT2D eigenvalue weighted by Gasteiger charge is -2.43. The van der Waals surface area contributed by atoms with Gasteiger partial charge < -0.3 is 10.2 Å². The molecule has 0 bridgehead atoms. The molecular formula is C21H31N3O2. The van der Waals surface area contributed by atoms with Crippen molar-refractivity contribution in [2.75, 3.05) is 31.1 Å². The van der Waals surface area contributed by atoms with Crippen LogP contribution in [-0.4, -0.2) is 48.4 Å². The molecule has 1 aromatic rings. The van der Waals surface area contributed by atoms with Gasteiger partial charge in [0.25, 0.3) is 5.91 Å². The van der Waals surface area contributed by atoms with E-state index in [0.29, 0.717) is 18.7 Å². The van der Waals surface area contributed by atoms with Crippen molar-refractivity contribution in [2.45, 2.75) is 52.5 Å². The Morgan fingerprint density at radius 3 is 2.73 bits per heavy atom. The van der Waals surface area contributed by atoms with E-state index in [2.05, 4.69) is 31.0 Å². The topological polar surface area (TPSA) is 52.7 Å². The van der Waals surface area contributed by atoms with E-state index in [1.54, 1.807) is 11.8 Å². The highest BCUT2D eigenvalue weighted by Crippen LogP contribution is 2.29. The molecule has 1 atom stereocenters. The summed E-state index contributed by atoms with van der Waals surface area (Å²) in [5.74, 6) is 0.741. The summed E-state index contributed by atoms with van der Waals surface area (Å²) >= 11 is 0. The van der Waals surface area contributed by atoms with Gasteiger partial charge in [0.05, 0.1) is 0 Å². The Hall–Kier alpha value is -1.88. The zero-order chi connectivity index (χ0) is 18.9. The van der Waals surface area contributed by atoms with Crippen LogP contribution >= 0.6 is 0 Å². The fourth-order valence-electron chi connectivity index (χ4n) is 4.12. The van der Waals surface area contributed by atoms with Crippen LogP contribution in [0.25, 0.3) is 0 Å². The molecule has 2 aliphatic rings. The van der Waals surface area contributed by atoms with Crippen LogP contribution in [0.3, 0.4) is 0 Å². The molecule has 1 N–H and O–H groups in total. The maximum Gasteiger partial charge on any atom is 0.251 e. The zero-order valence-corrected chi connectivity index (χ0v) is 16.5. The van der Waals surface area contributed by atoms with Crippen LogP contribution in [0.1, 0.15) is 56.5 Å². The lowest BCUT2D eigenvalue weighted by Crippen LogP contribution is -2.54. The van der Waals surface area contributed by atoms with Crippen molar-refractivity contribution in [1.82, 2.24) is 10.2 Å². The molecule has 0 saturated carbocycles. The minimum Gasteiger partial charge on any atom is -0.350 e. The quantitative estimate of drug-likeness (QED) is 0.901. The van der Waals surface area contributed by atoms with Crippen LogP contribution in [0, 0.1) is 5.92 Å². The van der Waals surface area contributed by atoms with Crippen molar-refractivity contribution in [3.63, 3.8) is 0 Å². The molecule has 0 spiro atoms. The van der Waals surface area contributed by atoms with Gasteiger partial charge in [-0.15, -0.1) is 0 Å². The standard InChI is InChI=1S/C21H31N3O2/c1-15-6-5-10-23(13-15)21(3,4)14-22-20(26)18-7-8-19-17(12-18)9-11-24(19)16(2)25/h7-8,12,15H,5-6,9-11,13-14H2,1-4H3,(H,22,26). The summed E-state index contributed by atoms with van der Waals surface area (Å²) in [6.07, 6.45) is 3.34. The molecule has 1 aromatic carbocycles. The number of carbonyl (C=O) groups is 2. The number of nitrogens with zero attached hydrogens (tertiary/aromatic N) is 2. The monoisotopic (exact) mass is 357 g/mol. The van der Waals surface area contributed by atoms with Gasteiger partial charge in [0.1, 0.15) is 0 Å². The summed E-state index contributed by atoms with van der Waals surface area (Å²) in [6.45, 7) is 11.8. The van der Waals surface area contributed by atoms with Gasteiger partial charge >= 0.3 is 0 Å². The van der Waals surface area contributed by atoms with Gasteiger partial charge in [-0.1, -0.05) is 6.92 Å². The van der Waals surface area contributed by atoms with Crippen molar-refractivity contribution in [3.8, 4) is 0 Å². The summed E-state index contributed by atoms with van der Waals surface area (Å²) in [6, 6.07) is 5.66. The molecule has 5 heteroatoms. The second kappa shape index (κ2) is 7.39. The summed E-state index contributed by atoms with van der Waals surface area (Å²) in [5, 5.41) is 3.12. The molecule has 26 heavy (non-hydrogen) atoms. The van der Waals surface area contributed by atoms with Gasteiger partial charge in [-0.05, 0) is 69.3 Å². The van der Waals surface area contributed by atoms with Crippen molar-refractivity contribution < 1.29 is 9.59 Å². The molecule has 3 rings (SSSR count). The number of anilines is 1. The molecule has 2 heterocycles. The van der Waals surface area contributed by atoms with E-state index < -0.39 is 0 Å². The average molecular weight is 357 g/mol. The van der Waals surface area contributed by atoms with E-state index in [9.17, 15) is 9.59 Å². The number of rotatable bonds is 4. The van der Waals surface area contributed by atoms with Crippen LogP contribution in [0.4, 0.5) is 5.69 Å². The average Bonchev–Trinajstić information content (AvgIpc) is 3.03. The largest absolute Gasteiger partial charge is 0.350 e. The third kappa shape index (κ3) is 3.93. The minimum absolute atomic E-state index is 0.0350. The van der Waals surface area contributed by atoms with Gasteiger partial charge in [0.15, 0.2) is 0 Å². The zero-order valence-electron chi connectivity index (χ0n) is 16.5. The molecule has 0 aliphatic carbocycles. The molecule has 2 aliphatic heterocycles. The number of amides is 2. The van der Waals surface area contributed by atoms with Gasteiger partial charge in [0.2, 0.25) is 5.91 Å². The van der Waals surface area contributed by atoms with Crippen LogP contribution < -0.4 is 10.2 Å². The molecule has 0 aromatic heterocycles. The van der Waals surface area contributed by atoms with Crippen LogP contribution in [0.5, 0.6) is 0 Å². The van der Waals surface area contributed by atoms with Crippen molar-refractivity contribution >= 4 is 17.5 Å². The minimum atomic E-state index is -0.0491. The highest BCUT2D eigenvalue weighted by molar-refractivity contribution is 5.97. The second-order valence-corrected chi connectivity index (χ2v) is 8.45. The molecule has 2 amide bonds. The first-order chi connectivity index (χ1) is 12.3. The first-order valence-electron chi connectivity index (χ1n) is 9.72. The van der Waals surface area contributed by atoms with E-state index >= 15 is 0 Å². The second-order valence-electron chi connectivity index (χ2n) is 8.45. The number of nitrogens with one attached hydrogen (secondary N) is 1. The number of piperidine rings is 1. The van der Waals surface area contributed by atoms with E-state index in [0.717, 1.165) is 36.7 Å². The third-order valence-electron chi connectivity index (χ3n) is 5.81. The predicted molar refractivity (Wildman–Crippen MR) is 105 cm³/mol. The van der Waals surface area contributed by atoms with Crippen LogP contribution in [0.15, 0.2) is 18.2 Å². The molecule has 142 valence electrons. The summed E-state index contributed by atoms with van der Waals surface area (Å²) in [5.41, 5.74) is 2.65. The van der Waals surface area contributed by atoms with E-state index in [4.69, 9.17) is 0 Å². The normalized spacial score (nSPS) is 20.8. The molecule has 1 unspecified atom stereocenters. The first kappa shape index (κ1) is 18.9. The molecular weight excluding hydrogens is 326 g/mol. The smallest absolute Gasteiger partial charge is 0.251 e. The van der Waals surface area contributed by atoms with Gasteiger partial charge in [-0.3, -0.25) is 14.5 Å². The van der Waals surface area contributed by atoms with Crippen LogP contribution in [-0.2, 0) is 11.2 Å². The summed E-state index contributed by atoms with van der Waals surface area (Å²) in [7, 11) is 0. The number of benzene rings is 1. The molecule has 5 nitrogen and oxygen atoms in total. The molecule has 1 saturated heterocycles. The van der Waals surface area contributed by atoms with Crippen molar-refractivity contribution in [2.24, 2.45) is 5.92 Å². The highest BCUT2D eigenvalue weighted by Gasteiger charge is 2.30. The Morgan fingerprint density at radius 2 is 2.04 bits per heavy atom. The molecule has 0 radical (unpaired) electrons. The van der Waals surface area contributed by atoms with Gasteiger partial charge in [-0.25, -0.2) is 0 Å². The Bertz CT molecular complexity index is 698. The number of fused-ring (bicyclic) bond motifs is 1. The van der Waals surface area contributed by atoms with Crippen molar-refractivity contribution in [1.29, 1.82) is 0 Å². The lowest BCUT2D eigenvalue weighted by atomic mass is 9.93. The Balaban J connectivity index is 1.63. The fourth-order valence-corrected chi connectivity index (χ4v) is 4.12. The first-order valence-corrected chi connectivity index (χ1v) is 9.72. The summed E-state index contributed by atoms with van der Waals surface area (Å²) in [4.78, 5) is 28.6. The lowest BCUT2D eigenvalue weighted by molar-refractivity contribution is -0.116. The highest BCUT2D eigenvalue weighted by atomic mass is 16.2. The third-order valence-corrected chi connectivity index (χ3v) is 5.81. The fraction of sp³-hybridized carbons (Fsp3) is 0.619. The number of hydrogen-bond acceptors (Lipinski definition) is 3. The maximum absolute atomic E-state index is 12.6. The Kier molecular flexibility index (Phi) is 5.37. The van der Waals surface area contributed by atoms with E-state index in [-0.39, 0.29) is 17.4 Å². The number of hydrogen-bond donors (Lipinski definition) is 1. The van der Waals surface area contributed by atoms with Crippen LogP contribution in [0.2, 0.25) is 0 Å². The SMILES string of the molecule is CC(=O)N1CCc2cc(C(=O)NCC(C)(C)N3CCCC(C)C3)ccc21. The molecule has 1 fully saturated rings. The number of likely N-dealkylation sites (tertiary alicyclic amines) is 1. The predicted octanol–water partition coefficient (Wildman–Crippen LogP) is 2.84. The van der Waals surface area contributed by atoms with Gasteiger partial charge in [0, 0.05) is 43.3 Å². The van der Waals surface area contributed by atoms with Gasteiger partial charge in [-0.2, -0.15) is 0 Å².